The maximum atomic E-state index is 12.4. The monoisotopic (exact) mass is 379 g/mol. The number of ether oxygens (including phenoxy) is 3. The van der Waals surface area contributed by atoms with Crippen molar-refractivity contribution in [2.45, 2.75) is 0 Å². The fourth-order valence-electron chi connectivity index (χ4n) is 2.52. The number of nitrogens with one attached hydrogen (secondary N) is 2. The second-order valence-corrected chi connectivity index (χ2v) is 5.81. The molecule has 3 aromatic rings. The van der Waals surface area contributed by atoms with Crippen molar-refractivity contribution in [1.82, 2.24) is 4.98 Å². The number of nitrogens with zero attached hydrogens (tertiary/aromatic N) is 1. The SMILES string of the molecule is COc1ccc(NC(=O)c2ccc(Nc3ccc(OC)cc3OC)nc2)cc1. The molecule has 1 amide bonds. The second kappa shape index (κ2) is 8.77. The Kier molecular flexibility index (Phi) is 5.96. The number of aromatic nitrogens is 1. The number of amides is 1. The lowest BCUT2D eigenvalue weighted by molar-refractivity contribution is 0.102. The van der Waals surface area contributed by atoms with Crippen molar-refractivity contribution < 1.29 is 19.0 Å². The largest absolute Gasteiger partial charge is 0.497 e. The van der Waals surface area contributed by atoms with Gasteiger partial charge >= 0.3 is 0 Å². The number of benzene rings is 2. The topological polar surface area (TPSA) is 81.7 Å². The summed E-state index contributed by atoms with van der Waals surface area (Å²) >= 11 is 0. The average Bonchev–Trinajstić information content (AvgIpc) is 2.75. The lowest BCUT2D eigenvalue weighted by atomic mass is 10.2. The summed E-state index contributed by atoms with van der Waals surface area (Å²) in [7, 11) is 4.77. The van der Waals surface area contributed by atoms with Crippen LogP contribution in [0.2, 0.25) is 0 Å². The molecular formula is C21H21N3O4. The van der Waals surface area contributed by atoms with Gasteiger partial charge in [0.25, 0.3) is 5.91 Å². The van der Waals surface area contributed by atoms with E-state index in [0.29, 0.717) is 28.6 Å². The fourth-order valence-corrected chi connectivity index (χ4v) is 2.52. The van der Waals surface area contributed by atoms with Gasteiger partial charge in [-0.25, -0.2) is 4.98 Å². The molecule has 3 rings (SSSR count). The van der Waals surface area contributed by atoms with Crippen LogP contribution in [0.4, 0.5) is 17.2 Å². The first-order valence-corrected chi connectivity index (χ1v) is 8.53. The molecule has 0 bridgehead atoms. The van der Waals surface area contributed by atoms with E-state index in [9.17, 15) is 4.79 Å². The molecule has 7 heteroatoms. The molecule has 0 aliphatic heterocycles. The van der Waals surface area contributed by atoms with Crippen molar-refractivity contribution in [3.05, 3.63) is 66.4 Å². The molecule has 0 unspecified atom stereocenters. The standard InChI is InChI=1S/C21H21N3O4/c1-26-16-7-5-15(6-8-16)23-21(25)14-4-11-20(22-13-14)24-18-10-9-17(27-2)12-19(18)28-3/h4-13H,1-3H3,(H,22,24)(H,23,25). The summed E-state index contributed by atoms with van der Waals surface area (Å²) in [5.74, 6) is 2.39. The van der Waals surface area contributed by atoms with E-state index in [0.717, 1.165) is 11.4 Å². The Morgan fingerprint density at radius 3 is 2.18 bits per heavy atom. The number of carbonyl (C=O) groups excluding carboxylic acids is 1. The number of hydrogen-bond donors (Lipinski definition) is 2. The third-order valence-electron chi connectivity index (χ3n) is 4.04. The van der Waals surface area contributed by atoms with E-state index in [-0.39, 0.29) is 5.91 Å². The Morgan fingerprint density at radius 1 is 0.857 bits per heavy atom. The van der Waals surface area contributed by atoms with Crippen LogP contribution in [0, 0.1) is 0 Å². The lowest BCUT2D eigenvalue weighted by Gasteiger charge is -2.12. The van der Waals surface area contributed by atoms with Crippen LogP contribution < -0.4 is 24.8 Å². The number of rotatable bonds is 7. The second-order valence-electron chi connectivity index (χ2n) is 5.81. The summed E-state index contributed by atoms with van der Waals surface area (Å²) in [5.41, 5.74) is 1.87. The third-order valence-corrected chi connectivity index (χ3v) is 4.04. The van der Waals surface area contributed by atoms with Gasteiger partial charge < -0.3 is 24.8 Å². The van der Waals surface area contributed by atoms with Crippen LogP contribution in [0.1, 0.15) is 10.4 Å². The molecule has 0 fully saturated rings. The van der Waals surface area contributed by atoms with Gasteiger partial charge in [0.15, 0.2) is 0 Å². The van der Waals surface area contributed by atoms with Gasteiger partial charge in [-0.3, -0.25) is 4.79 Å². The number of pyridine rings is 1. The molecule has 0 aliphatic rings. The summed E-state index contributed by atoms with van der Waals surface area (Å²) in [5, 5.41) is 5.99. The molecular weight excluding hydrogens is 358 g/mol. The van der Waals surface area contributed by atoms with Crippen molar-refractivity contribution in [2.24, 2.45) is 0 Å². The zero-order valence-electron chi connectivity index (χ0n) is 15.9. The van der Waals surface area contributed by atoms with Crippen molar-refractivity contribution >= 4 is 23.1 Å². The molecule has 0 saturated carbocycles. The highest BCUT2D eigenvalue weighted by Gasteiger charge is 2.09. The van der Waals surface area contributed by atoms with Crippen molar-refractivity contribution in [1.29, 1.82) is 0 Å². The molecule has 0 saturated heterocycles. The van der Waals surface area contributed by atoms with E-state index >= 15 is 0 Å². The van der Waals surface area contributed by atoms with E-state index in [1.165, 1.54) is 6.20 Å². The Morgan fingerprint density at radius 2 is 1.57 bits per heavy atom. The Labute approximate surface area is 163 Å². The molecule has 2 N–H and O–H groups in total. The van der Waals surface area contributed by atoms with Crippen LogP contribution in [-0.4, -0.2) is 32.2 Å². The number of methoxy groups -OCH3 is 3. The van der Waals surface area contributed by atoms with Crippen LogP contribution in [0.3, 0.4) is 0 Å². The van der Waals surface area contributed by atoms with Gasteiger partial charge in [-0.05, 0) is 48.5 Å². The highest BCUT2D eigenvalue weighted by atomic mass is 16.5. The number of hydrogen-bond acceptors (Lipinski definition) is 6. The first-order chi connectivity index (χ1) is 13.6. The predicted octanol–water partition coefficient (Wildman–Crippen LogP) is 4.10. The predicted molar refractivity (Wildman–Crippen MR) is 108 cm³/mol. The minimum absolute atomic E-state index is 0.244. The van der Waals surface area contributed by atoms with Crippen molar-refractivity contribution in [3.8, 4) is 17.2 Å². The van der Waals surface area contributed by atoms with Gasteiger partial charge in [0, 0.05) is 18.0 Å². The first-order valence-electron chi connectivity index (χ1n) is 8.53. The molecule has 7 nitrogen and oxygen atoms in total. The summed E-state index contributed by atoms with van der Waals surface area (Å²) < 4.78 is 15.7. The zero-order chi connectivity index (χ0) is 19.9. The minimum atomic E-state index is -0.244. The average molecular weight is 379 g/mol. The first kappa shape index (κ1) is 19.0. The molecule has 1 aromatic heterocycles. The number of anilines is 3. The van der Waals surface area contributed by atoms with E-state index in [1.807, 2.05) is 12.1 Å². The van der Waals surface area contributed by atoms with Crippen molar-refractivity contribution in [2.75, 3.05) is 32.0 Å². The van der Waals surface area contributed by atoms with Crippen molar-refractivity contribution in [3.63, 3.8) is 0 Å². The minimum Gasteiger partial charge on any atom is -0.497 e. The summed E-state index contributed by atoms with van der Waals surface area (Å²) in [6.07, 6.45) is 1.51. The quantitative estimate of drug-likeness (QED) is 0.643. The normalized spacial score (nSPS) is 10.1. The lowest BCUT2D eigenvalue weighted by Crippen LogP contribution is -2.12. The van der Waals surface area contributed by atoms with Crippen LogP contribution in [-0.2, 0) is 0 Å². The molecule has 2 aromatic carbocycles. The highest BCUT2D eigenvalue weighted by Crippen LogP contribution is 2.31. The van der Waals surface area contributed by atoms with E-state index in [2.05, 4.69) is 15.6 Å². The third kappa shape index (κ3) is 4.50. The van der Waals surface area contributed by atoms with Gasteiger partial charge in [0.1, 0.15) is 23.1 Å². The van der Waals surface area contributed by atoms with E-state index in [1.54, 1.807) is 63.8 Å². The summed E-state index contributed by atoms with van der Waals surface area (Å²) in [4.78, 5) is 16.7. The molecule has 28 heavy (non-hydrogen) atoms. The molecule has 0 atom stereocenters. The molecule has 0 spiro atoms. The Balaban J connectivity index is 1.68. The van der Waals surface area contributed by atoms with Crippen LogP contribution in [0.5, 0.6) is 17.2 Å². The van der Waals surface area contributed by atoms with Crippen LogP contribution >= 0.6 is 0 Å². The molecule has 1 heterocycles. The van der Waals surface area contributed by atoms with Crippen LogP contribution in [0.25, 0.3) is 0 Å². The summed E-state index contributed by atoms with van der Waals surface area (Å²) in [6, 6.07) is 16.0. The Hall–Kier alpha value is -3.74. The smallest absolute Gasteiger partial charge is 0.257 e. The van der Waals surface area contributed by atoms with Gasteiger partial charge in [-0.2, -0.15) is 0 Å². The molecule has 0 radical (unpaired) electrons. The molecule has 144 valence electrons. The highest BCUT2D eigenvalue weighted by molar-refractivity contribution is 6.04. The Bertz CT molecular complexity index is 941. The van der Waals surface area contributed by atoms with Gasteiger partial charge in [-0.1, -0.05) is 0 Å². The van der Waals surface area contributed by atoms with Crippen LogP contribution in [0.15, 0.2) is 60.8 Å². The van der Waals surface area contributed by atoms with E-state index < -0.39 is 0 Å². The molecule has 0 aliphatic carbocycles. The number of carbonyl (C=O) groups is 1. The van der Waals surface area contributed by atoms with Gasteiger partial charge in [0.2, 0.25) is 0 Å². The van der Waals surface area contributed by atoms with E-state index in [4.69, 9.17) is 14.2 Å². The van der Waals surface area contributed by atoms with Gasteiger partial charge in [0.05, 0.1) is 32.6 Å². The fraction of sp³-hybridized carbons (Fsp3) is 0.143. The zero-order valence-corrected chi connectivity index (χ0v) is 15.9. The van der Waals surface area contributed by atoms with Gasteiger partial charge in [-0.15, -0.1) is 0 Å². The summed E-state index contributed by atoms with van der Waals surface area (Å²) in [6.45, 7) is 0. The maximum absolute atomic E-state index is 12.4. The maximum Gasteiger partial charge on any atom is 0.257 e.